The molecule has 5 heteroatoms. The van der Waals surface area contributed by atoms with Crippen LogP contribution in [0.25, 0.3) is 16.9 Å². The number of nitrogens with zero attached hydrogens (tertiary/aromatic N) is 2. The first-order valence-corrected chi connectivity index (χ1v) is 6.45. The van der Waals surface area contributed by atoms with Crippen molar-refractivity contribution in [3.8, 4) is 16.9 Å². The molecule has 0 atom stereocenters. The van der Waals surface area contributed by atoms with Gasteiger partial charge in [0.1, 0.15) is 10.7 Å². The number of hydrogen-bond acceptors (Lipinski definition) is 2. The van der Waals surface area contributed by atoms with E-state index in [1.54, 1.807) is 12.1 Å². The number of aromatic nitrogens is 2. The monoisotopic (exact) mass is 284 g/mol. The van der Waals surface area contributed by atoms with E-state index in [0.717, 1.165) is 16.9 Å². The van der Waals surface area contributed by atoms with Gasteiger partial charge < -0.3 is 0 Å². The highest BCUT2D eigenvalue weighted by atomic mass is 35.5. The number of rotatable bonds is 3. The molecule has 2 aromatic carbocycles. The van der Waals surface area contributed by atoms with Crippen molar-refractivity contribution >= 4 is 17.3 Å². The highest BCUT2D eigenvalue weighted by Crippen LogP contribution is 2.22. The van der Waals surface area contributed by atoms with Crippen LogP contribution in [-0.2, 0) is 0 Å². The van der Waals surface area contributed by atoms with Crippen LogP contribution in [0.5, 0.6) is 0 Å². The predicted octanol–water partition coefficient (Wildman–Crippen LogP) is 4.01. The van der Waals surface area contributed by atoms with Crippen molar-refractivity contribution in [2.45, 2.75) is 0 Å². The van der Waals surface area contributed by atoms with Gasteiger partial charge in [-0.05, 0) is 35.5 Å². The molecule has 0 bridgehead atoms. The Morgan fingerprint density at radius 1 is 1.00 bits per heavy atom. The van der Waals surface area contributed by atoms with E-state index < -0.39 is 0 Å². The van der Waals surface area contributed by atoms with E-state index in [4.69, 9.17) is 11.6 Å². The number of hydrogen-bond donors (Lipinski definition) is 1. The Balaban J connectivity index is 2.10. The van der Waals surface area contributed by atoms with Crippen molar-refractivity contribution in [3.63, 3.8) is 0 Å². The second kappa shape index (κ2) is 5.27. The largest absolute Gasteiger partial charge is 0.254 e. The lowest BCUT2D eigenvalue weighted by molar-refractivity contribution is -0.644. The third-order valence-corrected chi connectivity index (χ3v) is 3.37. The summed E-state index contributed by atoms with van der Waals surface area (Å²) in [5.41, 5.74) is 3.20. The summed E-state index contributed by atoms with van der Waals surface area (Å²) in [6.45, 7) is 0. The van der Waals surface area contributed by atoms with Crippen molar-refractivity contribution in [1.82, 2.24) is 5.10 Å². The molecule has 98 valence electrons. The van der Waals surface area contributed by atoms with Gasteiger partial charge in [-0.2, -0.15) is 5.10 Å². The second-order valence-electron chi connectivity index (χ2n) is 4.27. The molecule has 0 aliphatic carbocycles. The summed E-state index contributed by atoms with van der Waals surface area (Å²) in [5, 5.41) is 6.70. The molecule has 0 amide bonds. The maximum Gasteiger partial charge on any atom is 0.254 e. The fourth-order valence-electron chi connectivity index (χ4n) is 2.09. The number of aromatic amines is 1. The van der Waals surface area contributed by atoms with Gasteiger partial charge in [-0.3, -0.25) is 0 Å². The van der Waals surface area contributed by atoms with Crippen LogP contribution in [0, 0.1) is 4.91 Å². The number of benzene rings is 2. The molecule has 1 heterocycles. The van der Waals surface area contributed by atoms with Crippen LogP contribution in [0.1, 0.15) is 0 Å². The Morgan fingerprint density at radius 2 is 1.75 bits per heavy atom. The standard InChI is InChI=1S/C15H10ClN3O/c16-13-3-1-2-4-15(13)19-14(9-10-17-19)11-5-7-12(18-20)8-6-11/h1-10H/p+1. The molecule has 0 saturated carbocycles. The molecule has 1 aromatic heterocycles. The minimum absolute atomic E-state index is 0.411. The zero-order chi connectivity index (χ0) is 13.9. The summed E-state index contributed by atoms with van der Waals surface area (Å²) >= 11 is 6.23. The van der Waals surface area contributed by atoms with E-state index in [2.05, 4.69) is 10.3 Å². The van der Waals surface area contributed by atoms with Crippen LogP contribution in [-0.4, -0.2) is 5.10 Å². The zero-order valence-electron chi connectivity index (χ0n) is 10.5. The number of nitroso groups, excluding NO2 is 1. The summed E-state index contributed by atoms with van der Waals surface area (Å²) in [6.07, 6.45) is 1.84. The molecule has 20 heavy (non-hydrogen) atoms. The Labute approximate surface area is 120 Å². The van der Waals surface area contributed by atoms with Gasteiger partial charge in [0.2, 0.25) is 5.69 Å². The van der Waals surface area contributed by atoms with Gasteiger partial charge in [0.05, 0.1) is 6.20 Å². The van der Waals surface area contributed by atoms with Crippen LogP contribution >= 0.6 is 11.6 Å². The van der Waals surface area contributed by atoms with E-state index >= 15 is 0 Å². The average Bonchev–Trinajstić information content (AvgIpc) is 2.97. The van der Waals surface area contributed by atoms with Crippen LogP contribution in [0.2, 0.25) is 5.02 Å². The minimum atomic E-state index is 0.411. The SMILES string of the molecule is O=Nc1ccc(-c2cc[nH][n+]2-c2ccccc2Cl)cc1. The fourth-order valence-corrected chi connectivity index (χ4v) is 2.31. The minimum Gasteiger partial charge on any atom is -0.167 e. The van der Waals surface area contributed by atoms with Gasteiger partial charge in [-0.1, -0.05) is 28.4 Å². The van der Waals surface area contributed by atoms with Crippen molar-refractivity contribution in [1.29, 1.82) is 0 Å². The lowest BCUT2D eigenvalue weighted by Crippen LogP contribution is -2.34. The third-order valence-electron chi connectivity index (χ3n) is 3.05. The topological polar surface area (TPSA) is 49.1 Å². The summed E-state index contributed by atoms with van der Waals surface area (Å²) in [6, 6.07) is 16.6. The van der Waals surface area contributed by atoms with Crippen LogP contribution in [0.4, 0.5) is 5.69 Å². The second-order valence-corrected chi connectivity index (χ2v) is 4.68. The molecule has 3 rings (SSSR count). The van der Waals surface area contributed by atoms with Gasteiger partial charge in [0, 0.05) is 17.7 Å². The summed E-state index contributed by atoms with van der Waals surface area (Å²) in [4.78, 5) is 10.5. The summed E-state index contributed by atoms with van der Waals surface area (Å²) < 4.78 is 1.89. The van der Waals surface area contributed by atoms with Gasteiger partial charge in [0.25, 0.3) is 5.69 Å². The van der Waals surface area contributed by atoms with Crippen molar-refractivity contribution in [3.05, 3.63) is 70.7 Å². The normalized spacial score (nSPS) is 10.4. The maximum atomic E-state index is 10.5. The number of para-hydroxylation sites is 1. The van der Waals surface area contributed by atoms with Gasteiger partial charge in [-0.25, -0.2) is 0 Å². The number of H-pyrrole nitrogens is 1. The quantitative estimate of drug-likeness (QED) is 0.573. The lowest BCUT2D eigenvalue weighted by atomic mass is 10.1. The van der Waals surface area contributed by atoms with E-state index in [0.29, 0.717) is 10.7 Å². The van der Waals surface area contributed by atoms with Gasteiger partial charge in [-0.15, -0.1) is 4.91 Å². The first-order valence-electron chi connectivity index (χ1n) is 6.08. The first kappa shape index (κ1) is 12.6. The fraction of sp³-hybridized carbons (Fsp3) is 0. The molecule has 0 aliphatic heterocycles. The zero-order valence-corrected chi connectivity index (χ0v) is 11.2. The predicted molar refractivity (Wildman–Crippen MR) is 78.2 cm³/mol. The molecule has 4 nitrogen and oxygen atoms in total. The van der Waals surface area contributed by atoms with Gasteiger partial charge >= 0.3 is 0 Å². The molecule has 1 N–H and O–H groups in total. The van der Waals surface area contributed by atoms with E-state index in [-0.39, 0.29) is 0 Å². The molecule has 0 spiro atoms. The summed E-state index contributed by atoms with van der Waals surface area (Å²) in [7, 11) is 0. The Kier molecular flexibility index (Phi) is 3.31. The van der Waals surface area contributed by atoms with Crippen molar-refractivity contribution < 1.29 is 4.68 Å². The Morgan fingerprint density at radius 3 is 2.45 bits per heavy atom. The molecule has 3 aromatic rings. The molecule has 0 aliphatic rings. The first-order chi connectivity index (χ1) is 9.79. The smallest absolute Gasteiger partial charge is 0.167 e. The molecular weight excluding hydrogens is 274 g/mol. The lowest BCUT2D eigenvalue weighted by Gasteiger charge is -1.99. The van der Waals surface area contributed by atoms with E-state index in [9.17, 15) is 4.91 Å². The number of halogens is 1. The molecule has 0 fully saturated rings. The van der Waals surface area contributed by atoms with Crippen LogP contribution in [0.3, 0.4) is 0 Å². The highest BCUT2D eigenvalue weighted by Gasteiger charge is 2.19. The third kappa shape index (κ3) is 2.21. The van der Waals surface area contributed by atoms with E-state index in [1.807, 2.05) is 53.3 Å². The number of nitrogens with one attached hydrogen (secondary N) is 1. The highest BCUT2D eigenvalue weighted by molar-refractivity contribution is 6.32. The van der Waals surface area contributed by atoms with Gasteiger partial charge in [0.15, 0.2) is 0 Å². The molecule has 0 saturated heterocycles. The average molecular weight is 285 g/mol. The van der Waals surface area contributed by atoms with Crippen molar-refractivity contribution in [2.24, 2.45) is 5.18 Å². The van der Waals surface area contributed by atoms with Crippen LogP contribution in [0.15, 0.2) is 66.0 Å². The maximum absolute atomic E-state index is 10.5. The van der Waals surface area contributed by atoms with Crippen molar-refractivity contribution in [2.75, 3.05) is 0 Å². The molecular formula is C15H11ClN3O+. The van der Waals surface area contributed by atoms with E-state index in [1.165, 1.54) is 0 Å². The molecule has 0 unspecified atom stereocenters. The molecule has 0 radical (unpaired) electrons. The van der Waals surface area contributed by atoms with Crippen LogP contribution < -0.4 is 4.68 Å². The Bertz CT molecular complexity index is 750. The summed E-state index contributed by atoms with van der Waals surface area (Å²) in [5.74, 6) is 0. The Hall–Kier alpha value is -2.46.